The van der Waals surface area contributed by atoms with Gasteiger partial charge in [-0.1, -0.05) is 0 Å². The zero-order valence-electron chi connectivity index (χ0n) is 9.35. The largest absolute Gasteiger partial charge is 0.338 e. The van der Waals surface area contributed by atoms with Gasteiger partial charge in [0.2, 0.25) is 0 Å². The van der Waals surface area contributed by atoms with Crippen LogP contribution in [0.3, 0.4) is 0 Å². The molecule has 0 saturated heterocycles. The van der Waals surface area contributed by atoms with E-state index in [0.717, 1.165) is 6.07 Å². The molecule has 0 bridgehead atoms. The average Bonchev–Trinajstić information content (AvgIpc) is 2.82. The van der Waals surface area contributed by atoms with E-state index >= 15 is 0 Å². The lowest BCUT2D eigenvalue weighted by molar-refractivity contribution is 0.515. The summed E-state index contributed by atoms with van der Waals surface area (Å²) in [5.41, 5.74) is 0.883. The number of hydrogen-bond acceptors (Lipinski definition) is 1. The van der Waals surface area contributed by atoms with Crippen LogP contribution in [0.25, 0.3) is 22.4 Å². The predicted octanol–water partition coefficient (Wildman–Crippen LogP) is 4.41. The predicted molar refractivity (Wildman–Crippen MR) is 69.1 cm³/mol. The lowest BCUT2D eigenvalue weighted by Gasteiger charge is -1.98. The summed E-state index contributed by atoms with van der Waals surface area (Å²) < 4.78 is 40.1. The summed E-state index contributed by atoms with van der Waals surface area (Å²) in [5, 5.41) is 0. The van der Waals surface area contributed by atoms with Crippen molar-refractivity contribution in [2.24, 2.45) is 0 Å². The van der Waals surface area contributed by atoms with Crippen LogP contribution in [0.5, 0.6) is 0 Å². The minimum Gasteiger partial charge on any atom is -0.338 e. The number of hydrogen-bond donors (Lipinski definition) is 1. The molecule has 0 aliphatic rings. The molecule has 0 radical (unpaired) electrons. The molecule has 1 N–H and O–H groups in total. The summed E-state index contributed by atoms with van der Waals surface area (Å²) in [7, 11) is 0. The van der Waals surface area contributed by atoms with Gasteiger partial charge in [0, 0.05) is 5.56 Å². The fourth-order valence-electron chi connectivity index (χ4n) is 1.80. The van der Waals surface area contributed by atoms with Gasteiger partial charge in [-0.05, 0) is 46.3 Å². The highest BCUT2D eigenvalue weighted by atomic mass is 79.9. The monoisotopic (exact) mass is 326 g/mol. The van der Waals surface area contributed by atoms with Crippen molar-refractivity contribution in [2.45, 2.75) is 0 Å². The van der Waals surface area contributed by atoms with Crippen molar-refractivity contribution in [1.82, 2.24) is 9.97 Å². The number of nitrogens with one attached hydrogen (secondary N) is 1. The minimum atomic E-state index is -0.999. The molecule has 0 spiro atoms. The highest BCUT2D eigenvalue weighted by molar-refractivity contribution is 9.10. The van der Waals surface area contributed by atoms with Crippen LogP contribution in [0.1, 0.15) is 0 Å². The second-order valence-corrected chi connectivity index (χ2v) is 4.83. The number of aromatic amines is 1. The van der Waals surface area contributed by atoms with Crippen molar-refractivity contribution in [3.63, 3.8) is 0 Å². The van der Waals surface area contributed by atoms with Gasteiger partial charge in [-0.25, -0.2) is 18.2 Å². The summed E-state index contributed by atoms with van der Waals surface area (Å²) in [4.78, 5) is 6.87. The fraction of sp³-hybridized carbons (Fsp3) is 0. The van der Waals surface area contributed by atoms with Gasteiger partial charge in [-0.3, -0.25) is 0 Å². The topological polar surface area (TPSA) is 28.7 Å². The van der Waals surface area contributed by atoms with E-state index in [0.29, 0.717) is 16.9 Å². The van der Waals surface area contributed by atoms with Gasteiger partial charge in [-0.15, -0.1) is 0 Å². The molecule has 2 aromatic carbocycles. The Morgan fingerprint density at radius 3 is 2.47 bits per heavy atom. The van der Waals surface area contributed by atoms with Crippen LogP contribution < -0.4 is 0 Å². The van der Waals surface area contributed by atoms with Crippen LogP contribution >= 0.6 is 15.9 Å². The summed E-state index contributed by atoms with van der Waals surface area (Å²) in [6.07, 6.45) is 0. The number of aromatic nitrogens is 2. The zero-order valence-corrected chi connectivity index (χ0v) is 10.9. The van der Waals surface area contributed by atoms with Crippen molar-refractivity contribution in [2.75, 3.05) is 0 Å². The van der Waals surface area contributed by atoms with Crippen molar-refractivity contribution in [3.8, 4) is 11.4 Å². The molecule has 0 aliphatic heterocycles. The Morgan fingerprint density at radius 2 is 1.74 bits per heavy atom. The number of H-pyrrole nitrogens is 1. The second-order valence-electron chi connectivity index (χ2n) is 3.97. The number of benzene rings is 2. The van der Waals surface area contributed by atoms with Crippen molar-refractivity contribution < 1.29 is 13.2 Å². The van der Waals surface area contributed by atoms with E-state index in [1.165, 1.54) is 24.3 Å². The third-order valence-corrected chi connectivity index (χ3v) is 3.35. The first kappa shape index (κ1) is 12.2. The Hall–Kier alpha value is -1.82. The molecule has 3 rings (SSSR count). The van der Waals surface area contributed by atoms with Crippen LogP contribution in [-0.4, -0.2) is 9.97 Å². The molecule has 3 aromatic rings. The molecule has 1 heterocycles. The SMILES string of the molecule is Fc1ccc(-c2nc3c(F)c(F)ccc3[nH]2)cc1Br. The van der Waals surface area contributed by atoms with Crippen LogP contribution in [0.15, 0.2) is 34.8 Å². The molecule has 1 aromatic heterocycles. The second kappa shape index (κ2) is 4.38. The van der Waals surface area contributed by atoms with E-state index in [1.807, 2.05) is 0 Å². The third-order valence-electron chi connectivity index (χ3n) is 2.74. The fourth-order valence-corrected chi connectivity index (χ4v) is 2.18. The van der Waals surface area contributed by atoms with E-state index in [9.17, 15) is 13.2 Å². The maximum Gasteiger partial charge on any atom is 0.186 e. The smallest absolute Gasteiger partial charge is 0.186 e. The maximum absolute atomic E-state index is 13.5. The number of fused-ring (bicyclic) bond motifs is 1. The number of halogens is 4. The molecule has 6 heteroatoms. The van der Waals surface area contributed by atoms with Crippen molar-refractivity contribution in [1.29, 1.82) is 0 Å². The molecule has 0 atom stereocenters. The first-order chi connectivity index (χ1) is 9.06. The normalized spacial score (nSPS) is 11.2. The standard InChI is InChI=1S/C13H6BrF3N2/c14-7-5-6(1-2-8(7)15)13-18-10-4-3-9(16)11(17)12(10)19-13/h1-5H,(H,18,19). The van der Waals surface area contributed by atoms with E-state index < -0.39 is 17.5 Å². The molecule has 19 heavy (non-hydrogen) atoms. The van der Waals surface area contributed by atoms with Gasteiger partial charge >= 0.3 is 0 Å². The molecule has 0 fully saturated rings. The van der Waals surface area contributed by atoms with E-state index in [1.54, 1.807) is 0 Å². The molecule has 2 nitrogen and oxygen atoms in total. The summed E-state index contributed by atoms with van der Waals surface area (Å²) in [6, 6.07) is 6.72. The van der Waals surface area contributed by atoms with E-state index in [2.05, 4.69) is 25.9 Å². The van der Waals surface area contributed by atoms with Crippen LogP contribution in [0.2, 0.25) is 0 Å². The quantitative estimate of drug-likeness (QED) is 0.705. The Kier molecular flexibility index (Phi) is 2.82. The lowest BCUT2D eigenvalue weighted by Crippen LogP contribution is -1.85. The molecule has 0 unspecified atom stereocenters. The molecular formula is C13H6BrF3N2. The Morgan fingerprint density at radius 1 is 1.00 bits per heavy atom. The summed E-state index contributed by atoms with van der Waals surface area (Å²) >= 11 is 3.06. The van der Waals surface area contributed by atoms with Crippen LogP contribution in [0.4, 0.5) is 13.2 Å². The van der Waals surface area contributed by atoms with Crippen molar-refractivity contribution in [3.05, 3.63) is 52.3 Å². The molecule has 0 amide bonds. The number of rotatable bonds is 1. The van der Waals surface area contributed by atoms with E-state index in [-0.39, 0.29) is 9.99 Å². The van der Waals surface area contributed by atoms with Gasteiger partial charge in [0.1, 0.15) is 17.2 Å². The van der Waals surface area contributed by atoms with Gasteiger partial charge in [0.05, 0.1) is 9.99 Å². The number of imidazole rings is 1. The Balaban J connectivity index is 2.20. The minimum absolute atomic E-state index is 0.0737. The van der Waals surface area contributed by atoms with Gasteiger partial charge in [0.15, 0.2) is 11.6 Å². The molecular weight excluding hydrogens is 321 g/mol. The summed E-state index contributed by atoms with van der Waals surface area (Å²) in [6.45, 7) is 0. The Bertz CT molecular complexity index is 783. The lowest BCUT2D eigenvalue weighted by atomic mass is 10.2. The van der Waals surface area contributed by atoms with E-state index in [4.69, 9.17) is 0 Å². The highest BCUT2D eigenvalue weighted by Gasteiger charge is 2.13. The van der Waals surface area contributed by atoms with Gasteiger partial charge in [-0.2, -0.15) is 0 Å². The molecule has 96 valence electrons. The van der Waals surface area contributed by atoms with Crippen molar-refractivity contribution >= 4 is 27.0 Å². The number of nitrogens with zero attached hydrogens (tertiary/aromatic N) is 1. The average molecular weight is 327 g/mol. The molecule has 0 saturated carbocycles. The van der Waals surface area contributed by atoms with Gasteiger partial charge in [0.25, 0.3) is 0 Å². The highest BCUT2D eigenvalue weighted by Crippen LogP contribution is 2.26. The zero-order chi connectivity index (χ0) is 13.6. The maximum atomic E-state index is 13.5. The van der Waals surface area contributed by atoms with Crippen LogP contribution in [-0.2, 0) is 0 Å². The Labute approximate surface area is 114 Å². The summed E-state index contributed by atoms with van der Waals surface area (Å²) in [5.74, 6) is -2.01. The first-order valence-corrected chi connectivity index (χ1v) is 6.14. The van der Waals surface area contributed by atoms with Crippen LogP contribution in [0, 0.1) is 17.5 Å². The third kappa shape index (κ3) is 2.02. The van der Waals surface area contributed by atoms with Gasteiger partial charge < -0.3 is 4.98 Å². The molecule has 0 aliphatic carbocycles. The first-order valence-electron chi connectivity index (χ1n) is 5.35.